The van der Waals surface area contributed by atoms with Gasteiger partial charge in [-0.05, 0) is 54.8 Å². The summed E-state index contributed by atoms with van der Waals surface area (Å²) in [5, 5.41) is 10.9. The maximum absolute atomic E-state index is 13.2. The predicted molar refractivity (Wildman–Crippen MR) is 112 cm³/mol. The Hall–Kier alpha value is -2.86. The molecule has 1 fully saturated rings. The molecule has 3 aromatic rings. The maximum Gasteiger partial charge on any atom is 0.231 e. The number of rotatable bonds is 6. The Morgan fingerprint density at radius 2 is 1.83 bits per heavy atom. The molecule has 150 valence electrons. The van der Waals surface area contributed by atoms with Crippen molar-refractivity contribution in [2.24, 2.45) is 0 Å². The highest BCUT2D eigenvalue weighted by atomic mass is 35.5. The lowest BCUT2D eigenvalue weighted by Crippen LogP contribution is -2.42. The minimum Gasteiger partial charge on any atom is -0.497 e. The highest BCUT2D eigenvalue weighted by molar-refractivity contribution is 6.30. The fraction of sp³-hybridized carbons (Fsp3) is 0.318. The van der Waals surface area contributed by atoms with Crippen molar-refractivity contribution in [1.82, 2.24) is 20.5 Å². The van der Waals surface area contributed by atoms with Gasteiger partial charge in [-0.15, -0.1) is 0 Å². The molecule has 0 saturated heterocycles. The van der Waals surface area contributed by atoms with Gasteiger partial charge in [0.05, 0.1) is 19.1 Å². The SMILES string of the molecule is COc1ccc(-c2n[nH]c(CNC(=O)C3(c4ccc(Cl)cc4)CCCC3)n2)cc1. The van der Waals surface area contributed by atoms with Gasteiger partial charge in [-0.2, -0.15) is 5.10 Å². The number of nitrogens with one attached hydrogen (secondary N) is 2. The minimum atomic E-state index is -0.497. The standard InChI is InChI=1S/C22H23ClN4O2/c1-29-18-10-4-15(5-11-18)20-25-19(26-27-20)14-24-21(28)22(12-2-3-13-22)16-6-8-17(23)9-7-16/h4-11H,2-3,12-14H2,1H3,(H,24,28)(H,25,26,27). The number of benzene rings is 2. The summed E-state index contributed by atoms with van der Waals surface area (Å²) in [6, 6.07) is 15.2. The number of H-pyrrole nitrogens is 1. The van der Waals surface area contributed by atoms with Gasteiger partial charge in [0.25, 0.3) is 0 Å². The Balaban J connectivity index is 1.46. The predicted octanol–water partition coefficient (Wildman–Crippen LogP) is 4.26. The first-order valence-corrected chi connectivity index (χ1v) is 10.1. The van der Waals surface area contributed by atoms with Crippen molar-refractivity contribution in [3.8, 4) is 17.1 Å². The molecular formula is C22H23ClN4O2. The number of hydrogen-bond donors (Lipinski definition) is 2. The highest BCUT2D eigenvalue weighted by Crippen LogP contribution is 2.41. The van der Waals surface area contributed by atoms with E-state index in [9.17, 15) is 4.79 Å². The van der Waals surface area contributed by atoms with Crippen molar-refractivity contribution in [3.63, 3.8) is 0 Å². The number of aromatic nitrogens is 3. The lowest BCUT2D eigenvalue weighted by molar-refractivity contribution is -0.126. The fourth-order valence-corrected chi connectivity index (χ4v) is 4.10. The van der Waals surface area contributed by atoms with Crippen molar-refractivity contribution in [1.29, 1.82) is 0 Å². The summed E-state index contributed by atoms with van der Waals surface area (Å²) in [4.78, 5) is 17.7. The normalized spacial score (nSPS) is 15.2. The first-order chi connectivity index (χ1) is 14.1. The lowest BCUT2D eigenvalue weighted by atomic mass is 9.78. The summed E-state index contributed by atoms with van der Waals surface area (Å²) in [7, 11) is 1.63. The Kier molecular flexibility index (Phi) is 5.53. The second-order valence-electron chi connectivity index (χ2n) is 7.31. The van der Waals surface area contributed by atoms with Gasteiger partial charge in [0.1, 0.15) is 11.6 Å². The second kappa shape index (κ2) is 8.25. The van der Waals surface area contributed by atoms with Crippen LogP contribution in [0.3, 0.4) is 0 Å². The third kappa shape index (κ3) is 3.98. The van der Waals surface area contributed by atoms with Crippen molar-refractivity contribution < 1.29 is 9.53 Å². The molecule has 1 aliphatic rings. The smallest absolute Gasteiger partial charge is 0.231 e. The average molecular weight is 411 g/mol. The Morgan fingerprint density at radius 3 is 2.48 bits per heavy atom. The topological polar surface area (TPSA) is 79.9 Å². The monoisotopic (exact) mass is 410 g/mol. The van der Waals surface area contributed by atoms with Gasteiger partial charge < -0.3 is 10.1 Å². The van der Waals surface area contributed by atoms with Crippen LogP contribution in [-0.4, -0.2) is 28.2 Å². The highest BCUT2D eigenvalue weighted by Gasteiger charge is 2.42. The van der Waals surface area contributed by atoms with E-state index in [1.54, 1.807) is 7.11 Å². The van der Waals surface area contributed by atoms with Gasteiger partial charge >= 0.3 is 0 Å². The summed E-state index contributed by atoms with van der Waals surface area (Å²) in [5.74, 6) is 2.01. The largest absolute Gasteiger partial charge is 0.497 e. The van der Waals surface area contributed by atoms with E-state index in [4.69, 9.17) is 16.3 Å². The van der Waals surface area contributed by atoms with Crippen LogP contribution in [0.2, 0.25) is 5.02 Å². The molecule has 2 N–H and O–H groups in total. The number of carbonyl (C=O) groups excluding carboxylic acids is 1. The zero-order valence-corrected chi connectivity index (χ0v) is 17.0. The third-order valence-corrected chi connectivity index (χ3v) is 5.84. The molecule has 1 aromatic heterocycles. The van der Waals surface area contributed by atoms with Crippen LogP contribution in [0.4, 0.5) is 0 Å². The second-order valence-corrected chi connectivity index (χ2v) is 7.75. The summed E-state index contributed by atoms with van der Waals surface area (Å²) in [5.41, 5.74) is 1.41. The van der Waals surface area contributed by atoms with E-state index in [0.717, 1.165) is 42.6 Å². The molecule has 0 unspecified atom stereocenters. The van der Waals surface area contributed by atoms with Crippen molar-refractivity contribution in [2.75, 3.05) is 7.11 Å². The third-order valence-electron chi connectivity index (χ3n) is 5.58. The van der Waals surface area contributed by atoms with Gasteiger partial charge in [-0.25, -0.2) is 4.98 Å². The minimum absolute atomic E-state index is 0.0275. The number of nitrogens with zero attached hydrogens (tertiary/aromatic N) is 2. The van der Waals surface area contributed by atoms with E-state index in [0.29, 0.717) is 23.2 Å². The van der Waals surface area contributed by atoms with E-state index < -0.39 is 5.41 Å². The van der Waals surface area contributed by atoms with Crippen LogP contribution in [-0.2, 0) is 16.8 Å². The fourth-order valence-electron chi connectivity index (χ4n) is 3.97. The molecular weight excluding hydrogens is 388 g/mol. The van der Waals surface area contributed by atoms with E-state index in [1.807, 2.05) is 48.5 Å². The average Bonchev–Trinajstić information content (AvgIpc) is 3.43. The first kappa shape index (κ1) is 19.5. The van der Waals surface area contributed by atoms with Crippen LogP contribution >= 0.6 is 11.6 Å². The van der Waals surface area contributed by atoms with Gasteiger partial charge in [-0.1, -0.05) is 36.6 Å². The van der Waals surface area contributed by atoms with Crippen LogP contribution in [0.15, 0.2) is 48.5 Å². The van der Waals surface area contributed by atoms with Gasteiger partial charge in [0.15, 0.2) is 5.82 Å². The molecule has 0 atom stereocenters. The molecule has 7 heteroatoms. The molecule has 1 saturated carbocycles. The van der Waals surface area contributed by atoms with Gasteiger partial charge in [0, 0.05) is 10.6 Å². The van der Waals surface area contributed by atoms with Crippen molar-refractivity contribution in [2.45, 2.75) is 37.6 Å². The molecule has 0 aliphatic heterocycles. The molecule has 1 amide bonds. The zero-order chi connectivity index (χ0) is 20.3. The summed E-state index contributed by atoms with van der Waals surface area (Å²) in [6.45, 7) is 0.303. The van der Waals surface area contributed by atoms with Crippen LogP contribution < -0.4 is 10.1 Å². The molecule has 0 spiro atoms. The van der Waals surface area contributed by atoms with Crippen LogP contribution in [0, 0.1) is 0 Å². The van der Waals surface area contributed by atoms with Crippen LogP contribution in [0.5, 0.6) is 5.75 Å². The van der Waals surface area contributed by atoms with Gasteiger partial charge in [0.2, 0.25) is 5.91 Å². The Morgan fingerprint density at radius 1 is 1.14 bits per heavy atom. The molecule has 29 heavy (non-hydrogen) atoms. The van der Waals surface area contributed by atoms with Crippen molar-refractivity contribution in [3.05, 3.63) is 64.9 Å². The molecule has 4 rings (SSSR count). The van der Waals surface area contributed by atoms with Crippen LogP contribution in [0.25, 0.3) is 11.4 Å². The number of amides is 1. The number of halogens is 1. The molecule has 6 nitrogen and oxygen atoms in total. The zero-order valence-electron chi connectivity index (χ0n) is 16.2. The molecule has 0 bridgehead atoms. The summed E-state index contributed by atoms with van der Waals surface area (Å²) in [6.07, 6.45) is 3.77. The van der Waals surface area contributed by atoms with E-state index in [-0.39, 0.29) is 5.91 Å². The number of hydrogen-bond acceptors (Lipinski definition) is 4. The molecule has 1 aliphatic carbocycles. The quantitative estimate of drug-likeness (QED) is 0.636. The summed E-state index contributed by atoms with van der Waals surface area (Å²) < 4.78 is 5.17. The maximum atomic E-state index is 13.2. The van der Waals surface area contributed by atoms with E-state index >= 15 is 0 Å². The van der Waals surface area contributed by atoms with E-state index in [2.05, 4.69) is 20.5 Å². The number of ether oxygens (including phenoxy) is 1. The lowest BCUT2D eigenvalue weighted by Gasteiger charge is -2.28. The van der Waals surface area contributed by atoms with Crippen LogP contribution in [0.1, 0.15) is 37.1 Å². The number of aromatic amines is 1. The molecule has 2 aromatic carbocycles. The Labute approximate surface area is 174 Å². The Bertz CT molecular complexity index is 977. The van der Waals surface area contributed by atoms with E-state index in [1.165, 1.54) is 0 Å². The molecule has 1 heterocycles. The molecule has 0 radical (unpaired) electrons. The number of methoxy groups -OCH3 is 1. The van der Waals surface area contributed by atoms with Crippen molar-refractivity contribution >= 4 is 17.5 Å². The number of carbonyl (C=O) groups is 1. The first-order valence-electron chi connectivity index (χ1n) is 9.71. The summed E-state index contributed by atoms with van der Waals surface area (Å²) >= 11 is 6.03. The van der Waals surface area contributed by atoms with Gasteiger partial charge in [-0.3, -0.25) is 9.89 Å².